The van der Waals surface area contributed by atoms with E-state index in [1.807, 2.05) is 31.2 Å². The average Bonchev–Trinajstić information content (AvgIpc) is 2.71. The Labute approximate surface area is 164 Å². The van der Waals surface area contributed by atoms with Gasteiger partial charge < -0.3 is 21.1 Å². The third-order valence-electron chi connectivity index (χ3n) is 4.25. The normalized spacial score (nSPS) is 11.4. The molecule has 2 aromatic rings. The van der Waals surface area contributed by atoms with E-state index in [2.05, 4.69) is 16.0 Å². The van der Waals surface area contributed by atoms with Crippen molar-refractivity contribution in [3.05, 3.63) is 65.2 Å². The second-order valence-corrected chi connectivity index (χ2v) is 6.43. The van der Waals surface area contributed by atoms with E-state index in [-0.39, 0.29) is 23.8 Å². The van der Waals surface area contributed by atoms with Crippen LogP contribution in [0.5, 0.6) is 0 Å². The van der Waals surface area contributed by atoms with Crippen LogP contribution in [0.4, 0.5) is 5.69 Å². The molecule has 0 bridgehead atoms. The lowest BCUT2D eigenvalue weighted by molar-refractivity contribution is -0.136. The Hall–Kier alpha value is -3.19. The molecule has 0 saturated carbocycles. The quantitative estimate of drug-likeness (QED) is 0.546. The third kappa shape index (κ3) is 5.92. The fraction of sp³-hybridized carbons (Fsp3) is 0.286. The minimum Gasteiger partial charge on any atom is -0.394 e. The van der Waals surface area contributed by atoms with Crippen LogP contribution < -0.4 is 16.0 Å². The van der Waals surface area contributed by atoms with Gasteiger partial charge in [-0.15, -0.1) is 0 Å². The number of nitrogens with one attached hydrogen (secondary N) is 3. The van der Waals surface area contributed by atoms with Crippen molar-refractivity contribution in [3.63, 3.8) is 0 Å². The fourth-order valence-electron chi connectivity index (χ4n) is 2.48. The first-order valence-corrected chi connectivity index (χ1v) is 9.10. The maximum Gasteiger partial charge on any atom is 0.313 e. The zero-order valence-corrected chi connectivity index (χ0v) is 16.0. The SMILES string of the molecule is CC[C@H](CO)NC(=O)C(=O)Nc1ccccc1C(=O)NCc1ccc(C)cc1. The van der Waals surface area contributed by atoms with Crippen LogP contribution in [-0.2, 0) is 16.1 Å². The average molecular weight is 383 g/mol. The van der Waals surface area contributed by atoms with E-state index in [0.717, 1.165) is 11.1 Å². The molecule has 0 unspecified atom stereocenters. The van der Waals surface area contributed by atoms with Gasteiger partial charge in [0, 0.05) is 6.54 Å². The number of aliphatic hydroxyl groups excluding tert-OH is 1. The zero-order valence-electron chi connectivity index (χ0n) is 16.0. The first-order valence-electron chi connectivity index (χ1n) is 9.10. The Bertz CT molecular complexity index is 830. The number of rotatable bonds is 7. The van der Waals surface area contributed by atoms with Gasteiger partial charge in [0.25, 0.3) is 5.91 Å². The number of para-hydroxylation sites is 1. The summed E-state index contributed by atoms with van der Waals surface area (Å²) in [5, 5.41) is 16.8. The topological polar surface area (TPSA) is 108 Å². The van der Waals surface area contributed by atoms with Crippen LogP contribution in [0.3, 0.4) is 0 Å². The van der Waals surface area contributed by atoms with Gasteiger partial charge in [-0.05, 0) is 31.0 Å². The summed E-state index contributed by atoms with van der Waals surface area (Å²) in [6.45, 7) is 3.86. The molecule has 2 rings (SSSR count). The predicted molar refractivity (Wildman–Crippen MR) is 107 cm³/mol. The van der Waals surface area contributed by atoms with Crippen LogP contribution in [0, 0.1) is 6.92 Å². The van der Waals surface area contributed by atoms with E-state index in [0.29, 0.717) is 13.0 Å². The fourth-order valence-corrected chi connectivity index (χ4v) is 2.48. The molecular weight excluding hydrogens is 358 g/mol. The van der Waals surface area contributed by atoms with Gasteiger partial charge in [-0.1, -0.05) is 48.9 Å². The lowest BCUT2D eigenvalue weighted by Gasteiger charge is -2.15. The molecule has 0 heterocycles. The predicted octanol–water partition coefficient (Wildman–Crippen LogP) is 1.75. The number of carbonyl (C=O) groups excluding carboxylic acids is 3. The Morgan fingerprint density at radius 3 is 2.32 bits per heavy atom. The summed E-state index contributed by atoms with van der Waals surface area (Å²) in [5.74, 6) is -2.12. The molecule has 0 aliphatic carbocycles. The highest BCUT2D eigenvalue weighted by atomic mass is 16.3. The number of anilines is 1. The Morgan fingerprint density at radius 1 is 1.00 bits per heavy atom. The van der Waals surface area contributed by atoms with Crippen LogP contribution in [0.2, 0.25) is 0 Å². The van der Waals surface area contributed by atoms with Gasteiger partial charge in [-0.25, -0.2) is 0 Å². The monoisotopic (exact) mass is 383 g/mol. The molecule has 2 aromatic carbocycles. The van der Waals surface area contributed by atoms with Gasteiger partial charge in [-0.3, -0.25) is 14.4 Å². The van der Waals surface area contributed by atoms with Gasteiger partial charge in [0.05, 0.1) is 23.9 Å². The van der Waals surface area contributed by atoms with Crippen molar-refractivity contribution < 1.29 is 19.5 Å². The van der Waals surface area contributed by atoms with Crippen molar-refractivity contribution in [1.82, 2.24) is 10.6 Å². The molecule has 4 N–H and O–H groups in total. The van der Waals surface area contributed by atoms with Crippen LogP contribution in [0.1, 0.15) is 34.8 Å². The van der Waals surface area contributed by atoms with Crippen molar-refractivity contribution in [3.8, 4) is 0 Å². The molecule has 3 amide bonds. The van der Waals surface area contributed by atoms with Gasteiger partial charge in [-0.2, -0.15) is 0 Å². The number of benzene rings is 2. The molecule has 0 aromatic heterocycles. The summed E-state index contributed by atoms with van der Waals surface area (Å²) < 4.78 is 0. The molecule has 28 heavy (non-hydrogen) atoms. The van der Waals surface area contributed by atoms with Crippen LogP contribution in [0.25, 0.3) is 0 Å². The highest BCUT2D eigenvalue weighted by Gasteiger charge is 2.19. The van der Waals surface area contributed by atoms with E-state index in [9.17, 15) is 14.4 Å². The van der Waals surface area contributed by atoms with Crippen LogP contribution in [-0.4, -0.2) is 35.5 Å². The maximum atomic E-state index is 12.5. The number of amides is 3. The second kappa shape index (κ2) is 10.2. The summed E-state index contributed by atoms with van der Waals surface area (Å²) in [5.41, 5.74) is 2.58. The molecule has 0 fully saturated rings. The third-order valence-corrected chi connectivity index (χ3v) is 4.25. The van der Waals surface area contributed by atoms with E-state index in [1.165, 1.54) is 0 Å². The molecule has 148 valence electrons. The molecule has 0 saturated heterocycles. The first-order chi connectivity index (χ1) is 13.4. The minimum atomic E-state index is -0.898. The summed E-state index contributed by atoms with van der Waals surface area (Å²) in [6, 6.07) is 13.7. The van der Waals surface area contributed by atoms with Crippen LogP contribution >= 0.6 is 0 Å². The highest BCUT2D eigenvalue weighted by molar-refractivity contribution is 6.40. The van der Waals surface area contributed by atoms with Crippen molar-refractivity contribution in [2.24, 2.45) is 0 Å². The number of aliphatic hydroxyl groups is 1. The summed E-state index contributed by atoms with van der Waals surface area (Å²) >= 11 is 0. The van der Waals surface area contributed by atoms with Crippen molar-refractivity contribution in [2.75, 3.05) is 11.9 Å². The Balaban J connectivity index is 2.03. The summed E-state index contributed by atoms with van der Waals surface area (Å²) in [6.07, 6.45) is 0.494. The molecule has 7 heteroatoms. The Morgan fingerprint density at radius 2 is 1.68 bits per heavy atom. The van der Waals surface area contributed by atoms with Crippen molar-refractivity contribution >= 4 is 23.4 Å². The molecule has 0 radical (unpaired) electrons. The van der Waals surface area contributed by atoms with Crippen LogP contribution in [0.15, 0.2) is 48.5 Å². The van der Waals surface area contributed by atoms with Gasteiger partial charge in [0.15, 0.2) is 0 Å². The zero-order chi connectivity index (χ0) is 20.5. The van der Waals surface area contributed by atoms with Gasteiger partial charge in [0.2, 0.25) is 0 Å². The number of aryl methyl sites for hydroxylation is 1. The van der Waals surface area contributed by atoms with E-state index < -0.39 is 17.9 Å². The smallest absolute Gasteiger partial charge is 0.313 e. The molecular formula is C21H25N3O4. The largest absolute Gasteiger partial charge is 0.394 e. The lowest BCUT2D eigenvalue weighted by atomic mass is 10.1. The molecule has 1 atom stereocenters. The summed E-state index contributed by atoms with van der Waals surface area (Å²) in [4.78, 5) is 36.6. The number of carbonyl (C=O) groups is 3. The molecule has 0 aliphatic rings. The number of hydrogen-bond acceptors (Lipinski definition) is 4. The van der Waals surface area contributed by atoms with Gasteiger partial charge in [0.1, 0.15) is 0 Å². The standard InChI is InChI=1S/C21H25N3O4/c1-3-16(13-25)23-20(27)21(28)24-18-7-5-4-6-17(18)19(26)22-12-15-10-8-14(2)9-11-15/h4-11,16,25H,3,12-13H2,1-2H3,(H,22,26)(H,23,27)(H,24,28)/t16-/m1/s1. The van der Waals surface area contributed by atoms with E-state index >= 15 is 0 Å². The second-order valence-electron chi connectivity index (χ2n) is 6.43. The van der Waals surface area contributed by atoms with Crippen molar-refractivity contribution in [1.29, 1.82) is 0 Å². The lowest BCUT2D eigenvalue weighted by Crippen LogP contribution is -2.43. The van der Waals surface area contributed by atoms with Crippen molar-refractivity contribution in [2.45, 2.75) is 32.9 Å². The number of hydrogen-bond donors (Lipinski definition) is 4. The summed E-state index contributed by atoms with van der Waals surface area (Å²) in [7, 11) is 0. The Kier molecular flexibility index (Phi) is 7.71. The van der Waals surface area contributed by atoms with E-state index in [4.69, 9.17) is 5.11 Å². The maximum absolute atomic E-state index is 12.5. The first kappa shape index (κ1) is 21.1. The van der Waals surface area contributed by atoms with E-state index in [1.54, 1.807) is 31.2 Å². The van der Waals surface area contributed by atoms with Gasteiger partial charge >= 0.3 is 11.8 Å². The minimum absolute atomic E-state index is 0.237. The molecule has 0 spiro atoms. The molecule has 7 nitrogen and oxygen atoms in total. The highest BCUT2D eigenvalue weighted by Crippen LogP contribution is 2.15. The molecule has 0 aliphatic heterocycles.